The second kappa shape index (κ2) is 5.54. The Morgan fingerprint density at radius 1 is 1.29 bits per heavy atom. The van der Waals surface area contributed by atoms with Crippen molar-refractivity contribution < 1.29 is 9.53 Å². The first-order valence-corrected chi connectivity index (χ1v) is 6.54. The Bertz CT molecular complexity index is 426. The summed E-state index contributed by atoms with van der Waals surface area (Å²) in [5.74, 6) is -0.204. The van der Waals surface area contributed by atoms with E-state index in [4.69, 9.17) is 16.3 Å². The molecule has 0 unspecified atom stereocenters. The summed E-state index contributed by atoms with van der Waals surface area (Å²) in [4.78, 5) is 11.5. The van der Waals surface area contributed by atoms with E-state index in [1.165, 1.54) is 24.0 Å². The summed E-state index contributed by atoms with van der Waals surface area (Å²) >= 11 is 6.20. The van der Waals surface area contributed by atoms with Gasteiger partial charge in [-0.15, -0.1) is 0 Å². The third kappa shape index (κ3) is 3.01. The number of ether oxygens (including phenoxy) is 1. The minimum atomic E-state index is -0.204. The fourth-order valence-corrected chi connectivity index (χ4v) is 2.56. The van der Waals surface area contributed by atoms with E-state index in [9.17, 15) is 4.79 Å². The fourth-order valence-electron chi connectivity index (χ4n) is 2.31. The summed E-state index contributed by atoms with van der Waals surface area (Å²) in [6, 6.07) is 4.10. The summed E-state index contributed by atoms with van der Waals surface area (Å²) < 4.78 is 4.95. The maximum absolute atomic E-state index is 11.5. The third-order valence-electron chi connectivity index (χ3n) is 3.15. The normalized spacial score (nSPS) is 14.2. The zero-order chi connectivity index (χ0) is 12.3. The van der Waals surface area contributed by atoms with Crippen LogP contribution < -0.4 is 0 Å². The van der Waals surface area contributed by atoms with E-state index >= 15 is 0 Å². The average molecular weight is 253 g/mol. The molecule has 0 saturated carbocycles. The van der Waals surface area contributed by atoms with Crippen molar-refractivity contribution in [1.29, 1.82) is 0 Å². The Kier molecular flexibility index (Phi) is 4.06. The van der Waals surface area contributed by atoms with Gasteiger partial charge in [-0.25, -0.2) is 0 Å². The van der Waals surface area contributed by atoms with E-state index in [1.807, 2.05) is 13.0 Å². The number of benzene rings is 1. The quantitative estimate of drug-likeness (QED) is 0.772. The van der Waals surface area contributed by atoms with Gasteiger partial charge in [-0.2, -0.15) is 0 Å². The van der Waals surface area contributed by atoms with Crippen molar-refractivity contribution in [1.82, 2.24) is 0 Å². The Morgan fingerprint density at radius 2 is 1.94 bits per heavy atom. The molecule has 92 valence electrons. The summed E-state index contributed by atoms with van der Waals surface area (Å²) in [7, 11) is 0. The number of fused-ring (bicyclic) bond motifs is 1. The van der Waals surface area contributed by atoms with Crippen LogP contribution in [-0.2, 0) is 28.8 Å². The summed E-state index contributed by atoms with van der Waals surface area (Å²) in [6.45, 7) is 2.23. The van der Waals surface area contributed by atoms with E-state index in [-0.39, 0.29) is 12.4 Å². The maximum Gasteiger partial charge on any atom is 0.310 e. The topological polar surface area (TPSA) is 26.3 Å². The van der Waals surface area contributed by atoms with E-state index in [0.29, 0.717) is 11.6 Å². The van der Waals surface area contributed by atoms with Crippen LogP contribution in [-0.4, -0.2) is 12.6 Å². The lowest BCUT2D eigenvalue weighted by molar-refractivity contribution is -0.142. The predicted molar refractivity (Wildman–Crippen MR) is 68.4 cm³/mol. The van der Waals surface area contributed by atoms with Crippen molar-refractivity contribution in [3.05, 3.63) is 33.8 Å². The Morgan fingerprint density at radius 3 is 2.59 bits per heavy atom. The van der Waals surface area contributed by atoms with E-state index in [0.717, 1.165) is 18.4 Å². The molecule has 3 heteroatoms. The van der Waals surface area contributed by atoms with Crippen LogP contribution in [0.5, 0.6) is 0 Å². The van der Waals surface area contributed by atoms with Crippen molar-refractivity contribution in [2.45, 2.75) is 39.0 Å². The molecule has 17 heavy (non-hydrogen) atoms. The number of carbonyl (C=O) groups excluding carboxylic acids is 1. The molecule has 2 nitrogen and oxygen atoms in total. The van der Waals surface area contributed by atoms with Gasteiger partial charge in [0.25, 0.3) is 0 Å². The molecule has 0 spiro atoms. The summed E-state index contributed by atoms with van der Waals surface area (Å²) in [6.07, 6.45) is 4.95. The van der Waals surface area contributed by atoms with Crippen molar-refractivity contribution in [3.63, 3.8) is 0 Å². The molecule has 0 fully saturated rings. The molecule has 1 aliphatic rings. The lowest BCUT2D eigenvalue weighted by Crippen LogP contribution is -2.10. The van der Waals surface area contributed by atoms with Crippen LogP contribution >= 0.6 is 11.6 Å². The van der Waals surface area contributed by atoms with Gasteiger partial charge in [-0.3, -0.25) is 4.79 Å². The standard InChI is InChI=1S/C14H17ClO2/c1-2-17-14(16)9-12-7-10-5-3-4-6-11(10)8-13(12)15/h7-8H,2-6,9H2,1H3. The number of halogens is 1. The molecule has 1 aliphatic carbocycles. The molecule has 2 rings (SSSR count). The second-order valence-electron chi connectivity index (χ2n) is 4.40. The second-order valence-corrected chi connectivity index (χ2v) is 4.81. The number of rotatable bonds is 3. The van der Waals surface area contributed by atoms with Crippen LogP contribution in [0.3, 0.4) is 0 Å². The molecule has 0 aromatic heterocycles. The molecule has 0 saturated heterocycles. The van der Waals surface area contributed by atoms with Gasteiger partial charge in [0, 0.05) is 5.02 Å². The van der Waals surface area contributed by atoms with Crippen LogP contribution in [0.25, 0.3) is 0 Å². The van der Waals surface area contributed by atoms with Crippen LogP contribution in [0, 0.1) is 0 Å². The molecule has 0 bridgehead atoms. The molecule has 0 radical (unpaired) electrons. The highest BCUT2D eigenvalue weighted by Gasteiger charge is 2.14. The van der Waals surface area contributed by atoms with Crippen molar-refractivity contribution in [3.8, 4) is 0 Å². The van der Waals surface area contributed by atoms with Crippen molar-refractivity contribution >= 4 is 17.6 Å². The lowest BCUT2D eigenvalue weighted by Gasteiger charge is -2.17. The van der Waals surface area contributed by atoms with Crippen molar-refractivity contribution in [2.75, 3.05) is 6.61 Å². The van der Waals surface area contributed by atoms with Gasteiger partial charge in [0.05, 0.1) is 13.0 Å². The molecule has 1 aromatic carbocycles. The monoisotopic (exact) mass is 252 g/mol. The van der Waals surface area contributed by atoms with Gasteiger partial charge in [-0.05, 0) is 55.4 Å². The Labute approximate surface area is 107 Å². The highest BCUT2D eigenvalue weighted by molar-refractivity contribution is 6.31. The highest BCUT2D eigenvalue weighted by atomic mass is 35.5. The van der Waals surface area contributed by atoms with E-state index in [2.05, 4.69) is 6.07 Å². The third-order valence-corrected chi connectivity index (χ3v) is 3.50. The predicted octanol–water partition coefficient (Wildman–Crippen LogP) is 3.32. The fraction of sp³-hybridized carbons (Fsp3) is 0.500. The van der Waals surface area contributed by atoms with Crippen LogP contribution in [0.2, 0.25) is 5.02 Å². The van der Waals surface area contributed by atoms with Gasteiger partial charge >= 0.3 is 5.97 Å². The van der Waals surface area contributed by atoms with Crippen LogP contribution in [0.1, 0.15) is 36.5 Å². The lowest BCUT2D eigenvalue weighted by atomic mass is 9.90. The smallest absolute Gasteiger partial charge is 0.310 e. The highest BCUT2D eigenvalue weighted by Crippen LogP contribution is 2.28. The van der Waals surface area contributed by atoms with E-state index < -0.39 is 0 Å². The van der Waals surface area contributed by atoms with Gasteiger partial charge in [0.2, 0.25) is 0 Å². The SMILES string of the molecule is CCOC(=O)Cc1cc2c(cc1Cl)CCCC2. The van der Waals surface area contributed by atoms with Gasteiger partial charge < -0.3 is 4.74 Å². The van der Waals surface area contributed by atoms with Crippen molar-refractivity contribution in [2.24, 2.45) is 0 Å². The molecular formula is C14H17ClO2. The molecular weight excluding hydrogens is 236 g/mol. The summed E-state index contributed by atoms with van der Waals surface area (Å²) in [5, 5.41) is 0.693. The molecule has 0 N–H and O–H groups in total. The first kappa shape index (κ1) is 12.4. The molecule has 0 heterocycles. The van der Waals surface area contributed by atoms with Crippen LogP contribution in [0.15, 0.2) is 12.1 Å². The molecule has 0 amide bonds. The maximum atomic E-state index is 11.5. The first-order chi connectivity index (χ1) is 8.20. The number of aryl methyl sites for hydroxylation is 2. The van der Waals surface area contributed by atoms with Gasteiger partial charge in [0.15, 0.2) is 0 Å². The summed E-state index contributed by atoms with van der Waals surface area (Å²) in [5.41, 5.74) is 3.58. The van der Waals surface area contributed by atoms with E-state index in [1.54, 1.807) is 0 Å². The average Bonchev–Trinajstić information content (AvgIpc) is 2.30. The Hall–Kier alpha value is -1.02. The van der Waals surface area contributed by atoms with Gasteiger partial charge in [0.1, 0.15) is 0 Å². The number of hydrogen-bond donors (Lipinski definition) is 0. The molecule has 0 atom stereocenters. The number of hydrogen-bond acceptors (Lipinski definition) is 2. The molecule has 1 aromatic rings. The molecule has 0 aliphatic heterocycles. The largest absolute Gasteiger partial charge is 0.466 e. The number of carbonyl (C=O) groups is 1. The van der Waals surface area contributed by atoms with Gasteiger partial charge in [-0.1, -0.05) is 17.7 Å². The zero-order valence-corrected chi connectivity index (χ0v) is 10.8. The minimum absolute atomic E-state index is 0.204. The number of esters is 1. The first-order valence-electron chi connectivity index (χ1n) is 6.16. The zero-order valence-electron chi connectivity index (χ0n) is 10.1. The Balaban J connectivity index is 2.19. The minimum Gasteiger partial charge on any atom is -0.466 e. The van der Waals surface area contributed by atoms with Crippen LogP contribution in [0.4, 0.5) is 0 Å².